The molecule has 0 unspecified atom stereocenters. The summed E-state index contributed by atoms with van der Waals surface area (Å²) in [6, 6.07) is 8.82. The fraction of sp³-hybridized carbons (Fsp3) is 0.250. The third kappa shape index (κ3) is 4.55. The highest BCUT2D eigenvalue weighted by Crippen LogP contribution is 2.15. The van der Waals surface area contributed by atoms with Crippen LogP contribution in [0.4, 0.5) is 0 Å². The Morgan fingerprint density at radius 3 is 2.56 bits per heavy atom. The fourth-order valence-electron chi connectivity index (χ4n) is 1.25. The Hall–Kier alpha value is -1.87. The van der Waals surface area contributed by atoms with Gasteiger partial charge in [-0.15, -0.1) is 0 Å². The van der Waals surface area contributed by atoms with Crippen molar-refractivity contribution in [2.75, 3.05) is 13.1 Å². The smallest absolute Gasteiger partial charge is 0.252 e. The van der Waals surface area contributed by atoms with E-state index in [0.717, 1.165) is 4.47 Å². The minimum atomic E-state index is -0.340. The number of nitriles is 1. The van der Waals surface area contributed by atoms with E-state index in [4.69, 9.17) is 5.26 Å². The third-order valence-corrected chi connectivity index (χ3v) is 2.78. The molecule has 0 bridgehead atoms. The molecule has 94 valence electrons. The molecule has 0 aromatic heterocycles. The molecule has 0 spiro atoms. The molecule has 18 heavy (non-hydrogen) atoms. The van der Waals surface area contributed by atoms with Crippen LogP contribution in [0.1, 0.15) is 16.8 Å². The van der Waals surface area contributed by atoms with Gasteiger partial charge in [-0.3, -0.25) is 9.59 Å². The van der Waals surface area contributed by atoms with E-state index < -0.39 is 0 Å². The first kappa shape index (κ1) is 14.2. The summed E-state index contributed by atoms with van der Waals surface area (Å²) >= 11 is 3.28. The summed E-state index contributed by atoms with van der Waals surface area (Å²) < 4.78 is 0.719. The average Bonchev–Trinajstić information content (AvgIpc) is 2.35. The summed E-state index contributed by atoms with van der Waals surface area (Å²) in [7, 11) is 0. The zero-order chi connectivity index (χ0) is 13.4. The van der Waals surface area contributed by atoms with Crippen LogP contribution >= 0.6 is 15.9 Å². The molecule has 0 aliphatic rings. The second-order valence-electron chi connectivity index (χ2n) is 3.42. The van der Waals surface area contributed by atoms with E-state index in [2.05, 4.69) is 26.6 Å². The van der Waals surface area contributed by atoms with Gasteiger partial charge in [-0.05, 0) is 28.1 Å². The van der Waals surface area contributed by atoms with Crippen molar-refractivity contribution in [3.63, 3.8) is 0 Å². The number of nitrogens with zero attached hydrogens (tertiary/aromatic N) is 1. The Morgan fingerprint density at radius 1 is 1.22 bits per heavy atom. The standard InChI is InChI=1S/C12H12BrN3O2/c13-10-4-2-1-3-9(10)12(18)16-8-7-15-11(17)5-6-14/h1-4H,5,7-8H2,(H,15,17)(H,16,18). The van der Waals surface area contributed by atoms with Gasteiger partial charge < -0.3 is 10.6 Å². The largest absolute Gasteiger partial charge is 0.353 e. The van der Waals surface area contributed by atoms with Crippen molar-refractivity contribution in [2.45, 2.75) is 6.42 Å². The molecule has 1 rings (SSSR count). The van der Waals surface area contributed by atoms with Gasteiger partial charge in [-0.2, -0.15) is 5.26 Å². The van der Waals surface area contributed by atoms with Crippen LogP contribution in [0, 0.1) is 11.3 Å². The van der Waals surface area contributed by atoms with E-state index in [1.807, 2.05) is 6.07 Å². The molecule has 5 nitrogen and oxygen atoms in total. The molecule has 0 saturated carbocycles. The average molecular weight is 310 g/mol. The molecule has 0 saturated heterocycles. The molecule has 1 aromatic carbocycles. The van der Waals surface area contributed by atoms with E-state index in [1.54, 1.807) is 24.3 Å². The number of carbonyl (C=O) groups excluding carboxylic acids is 2. The topological polar surface area (TPSA) is 82.0 Å². The molecule has 0 aliphatic carbocycles. The molecule has 2 amide bonds. The number of hydrogen-bond donors (Lipinski definition) is 2. The lowest BCUT2D eigenvalue weighted by Crippen LogP contribution is -2.34. The maximum Gasteiger partial charge on any atom is 0.252 e. The Balaban J connectivity index is 2.33. The van der Waals surface area contributed by atoms with Crippen molar-refractivity contribution in [3.8, 4) is 6.07 Å². The Kier molecular flexibility index (Phi) is 5.88. The van der Waals surface area contributed by atoms with Crippen LogP contribution in [0.15, 0.2) is 28.7 Å². The van der Waals surface area contributed by atoms with Gasteiger partial charge >= 0.3 is 0 Å². The molecule has 2 N–H and O–H groups in total. The highest BCUT2D eigenvalue weighted by molar-refractivity contribution is 9.10. The van der Waals surface area contributed by atoms with Crippen LogP contribution < -0.4 is 10.6 Å². The first-order valence-corrected chi connectivity index (χ1v) is 6.11. The van der Waals surface area contributed by atoms with Crippen molar-refractivity contribution in [2.24, 2.45) is 0 Å². The van der Waals surface area contributed by atoms with E-state index in [1.165, 1.54) is 0 Å². The van der Waals surface area contributed by atoms with Gasteiger partial charge in [0.15, 0.2) is 0 Å². The van der Waals surface area contributed by atoms with Gasteiger partial charge in [0.2, 0.25) is 5.91 Å². The Labute approximate surface area is 113 Å². The van der Waals surface area contributed by atoms with Crippen molar-refractivity contribution in [1.82, 2.24) is 10.6 Å². The van der Waals surface area contributed by atoms with Gasteiger partial charge in [0.1, 0.15) is 6.42 Å². The maximum atomic E-state index is 11.7. The van der Waals surface area contributed by atoms with Crippen LogP contribution in [0.25, 0.3) is 0 Å². The van der Waals surface area contributed by atoms with Gasteiger partial charge in [0, 0.05) is 17.6 Å². The predicted molar refractivity (Wildman–Crippen MR) is 69.7 cm³/mol. The molecule has 0 fully saturated rings. The van der Waals surface area contributed by atoms with E-state index in [-0.39, 0.29) is 18.2 Å². The second-order valence-corrected chi connectivity index (χ2v) is 4.27. The number of amides is 2. The van der Waals surface area contributed by atoms with Crippen LogP contribution in [-0.2, 0) is 4.79 Å². The minimum Gasteiger partial charge on any atom is -0.353 e. The zero-order valence-corrected chi connectivity index (χ0v) is 11.2. The summed E-state index contributed by atoms with van der Waals surface area (Å²) in [5.41, 5.74) is 0.542. The normalized spacial score (nSPS) is 9.33. The number of hydrogen-bond acceptors (Lipinski definition) is 3. The van der Waals surface area contributed by atoms with Crippen molar-refractivity contribution in [1.29, 1.82) is 5.26 Å². The Bertz CT molecular complexity index is 482. The lowest BCUT2D eigenvalue weighted by molar-refractivity contribution is -0.120. The van der Waals surface area contributed by atoms with E-state index in [0.29, 0.717) is 18.7 Å². The summed E-state index contributed by atoms with van der Waals surface area (Å²) in [4.78, 5) is 22.7. The van der Waals surface area contributed by atoms with Crippen molar-refractivity contribution in [3.05, 3.63) is 34.3 Å². The van der Waals surface area contributed by atoms with Crippen molar-refractivity contribution < 1.29 is 9.59 Å². The summed E-state index contributed by atoms with van der Waals surface area (Å²) in [6.07, 6.45) is -0.168. The molecule has 0 atom stereocenters. The van der Waals surface area contributed by atoms with Crippen LogP contribution in [0.3, 0.4) is 0 Å². The first-order valence-electron chi connectivity index (χ1n) is 5.31. The number of carbonyl (C=O) groups is 2. The highest BCUT2D eigenvalue weighted by atomic mass is 79.9. The van der Waals surface area contributed by atoms with Crippen molar-refractivity contribution >= 4 is 27.7 Å². The lowest BCUT2D eigenvalue weighted by Gasteiger charge is -2.07. The van der Waals surface area contributed by atoms with Crippen LogP contribution in [0.5, 0.6) is 0 Å². The molecule has 0 radical (unpaired) electrons. The van der Waals surface area contributed by atoms with E-state index >= 15 is 0 Å². The predicted octanol–water partition coefficient (Wildman–Crippen LogP) is 1.21. The number of nitrogens with one attached hydrogen (secondary N) is 2. The van der Waals surface area contributed by atoms with Crippen LogP contribution in [-0.4, -0.2) is 24.9 Å². The fourth-order valence-corrected chi connectivity index (χ4v) is 1.72. The molecular formula is C12H12BrN3O2. The summed E-state index contributed by atoms with van der Waals surface area (Å²) in [5.74, 6) is -0.551. The van der Waals surface area contributed by atoms with E-state index in [9.17, 15) is 9.59 Å². The summed E-state index contributed by atoms with van der Waals surface area (Å²) in [5, 5.41) is 13.5. The van der Waals surface area contributed by atoms with Gasteiger partial charge in [0.25, 0.3) is 5.91 Å². The number of benzene rings is 1. The summed E-state index contributed by atoms with van der Waals surface area (Å²) in [6.45, 7) is 0.619. The highest BCUT2D eigenvalue weighted by Gasteiger charge is 2.08. The van der Waals surface area contributed by atoms with Gasteiger partial charge in [0.05, 0.1) is 11.6 Å². The minimum absolute atomic E-state index is 0.168. The molecule has 6 heteroatoms. The lowest BCUT2D eigenvalue weighted by atomic mass is 10.2. The zero-order valence-electron chi connectivity index (χ0n) is 9.57. The molecular weight excluding hydrogens is 298 g/mol. The molecule has 0 aliphatic heterocycles. The van der Waals surface area contributed by atoms with Crippen LogP contribution in [0.2, 0.25) is 0 Å². The van der Waals surface area contributed by atoms with Gasteiger partial charge in [-0.1, -0.05) is 12.1 Å². The second kappa shape index (κ2) is 7.45. The third-order valence-electron chi connectivity index (χ3n) is 2.09. The quantitative estimate of drug-likeness (QED) is 0.802. The monoisotopic (exact) mass is 309 g/mol. The Morgan fingerprint density at radius 2 is 1.89 bits per heavy atom. The molecule has 1 aromatic rings. The van der Waals surface area contributed by atoms with Gasteiger partial charge in [-0.25, -0.2) is 0 Å². The molecule has 0 heterocycles. The maximum absolute atomic E-state index is 11.7. The number of rotatable bonds is 5. The number of halogens is 1. The SMILES string of the molecule is N#CCC(=O)NCCNC(=O)c1ccccc1Br. The first-order chi connectivity index (χ1) is 8.65.